The van der Waals surface area contributed by atoms with Crippen molar-refractivity contribution < 1.29 is 35.2 Å². The number of rotatable bonds is 12. The average Bonchev–Trinajstić information content (AvgIpc) is 3.62. The van der Waals surface area contributed by atoms with Crippen molar-refractivity contribution >= 4 is 86.7 Å². The number of ether oxygens (including phenoxy) is 1. The van der Waals surface area contributed by atoms with E-state index in [1.54, 1.807) is 41.5 Å². The molecule has 0 amide bonds. The molecule has 0 atom stereocenters. The third kappa shape index (κ3) is 7.18. The van der Waals surface area contributed by atoms with Crippen LogP contribution >= 0.6 is 34.4 Å². The van der Waals surface area contributed by atoms with Crippen LogP contribution in [0, 0.1) is 0 Å². The summed E-state index contributed by atoms with van der Waals surface area (Å²) in [5, 5.41) is 5.05. The first-order valence-corrected chi connectivity index (χ1v) is 19.0. The molecule has 2 N–H and O–H groups in total. The molecule has 1 aliphatic rings. The molecule has 0 fully saturated rings. The van der Waals surface area contributed by atoms with E-state index in [1.807, 2.05) is 23.6 Å². The van der Waals surface area contributed by atoms with Crippen molar-refractivity contribution in [2.75, 3.05) is 30.1 Å². The predicted octanol–water partition coefficient (Wildman–Crippen LogP) is 6.22. The van der Waals surface area contributed by atoms with Crippen LogP contribution in [0.15, 0.2) is 63.4 Å². The van der Waals surface area contributed by atoms with Crippen LogP contribution < -0.4 is 14.2 Å². The Morgan fingerprint density at radius 1 is 1.02 bits per heavy atom. The van der Waals surface area contributed by atoms with Crippen molar-refractivity contribution in [1.29, 1.82) is 0 Å². The first-order valence-electron chi connectivity index (χ1n) is 13.2. The van der Waals surface area contributed by atoms with Gasteiger partial charge in [0.2, 0.25) is 5.52 Å². The van der Waals surface area contributed by atoms with Gasteiger partial charge < -0.3 is 9.64 Å². The van der Waals surface area contributed by atoms with Crippen LogP contribution in [-0.4, -0.2) is 51.1 Å². The molecule has 0 saturated carbocycles. The first kappa shape index (κ1) is 31.0. The Bertz CT molecular complexity index is 1910. The quantitative estimate of drug-likeness (QED) is 0.134. The lowest BCUT2D eigenvalue weighted by Crippen LogP contribution is -2.36. The summed E-state index contributed by atoms with van der Waals surface area (Å²) in [4.78, 5) is 3.07. The van der Waals surface area contributed by atoms with Crippen molar-refractivity contribution in [3.63, 3.8) is 0 Å². The van der Waals surface area contributed by atoms with Gasteiger partial charge in [0.15, 0.2) is 6.54 Å². The van der Waals surface area contributed by atoms with Gasteiger partial charge in [0.25, 0.3) is 25.2 Å². The Balaban J connectivity index is 1.55. The predicted molar refractivity (Wildman–Crippen MR) is 172 cm³/mol. The van der Waals surface area contributed by atoms with Gasteiger partial charge in [-0.3, -0.25) is 9.11 Å². The molecule has 2 aromatic heterocycles. The monoisotopic (exact) mass is 667 g/mol. The fourth-order valence-corrected chi connectivity index (χ4v) is 9.00. The van der Waals surface area contributed by atoms with Gasteiger partial charge in [-0.05, 0) is 60.2 Å². The van der Waals surface area contributed by atoms with Crippen LogP contribution in [0.3, 0.4) is 0 Å². The summed E-state index contributed by atoms with van der Waals surface area (Å²) in [7, 11) is -6.56. The summed E-state index contributed by atoms with van der Waals surface area (Å²) in [5.74, 6) is 0.0407. The van der Waals surface area contributed by atoms with E-state index in [0.717, 1.165) is 52.9 Å². The third-order valence-electron chi connectivity index (χ3n) is 6.85. The average molecular weight is 668 g/mol. The van der Waals surface area contributed by atoms with E-state index in [1.165, 1.54) is 0 Å². The molecule has 0 unspecified atom stereocenters. The second-order valence-electron chi connectivity index (χ2n) is 9.76. The Morgan fingerprint density at radius 2 is 1.76 bits per heavy atom. The fourth-order valence-electron chi connectivity index (χ4n) is 4.90. The van der Waals surface area contributed by atoms with Crippen LogP contribution in [0.5, 0.6) is 5.75 Å². The number of nitrogens with zero attached hydrogens (tertiary/aromatic N) is 2. The van der Waals surface area contributed by atoms with E-state index < -0.39 is 20.2 Å². The van der Waals surface area contributed by atoms with Gasteiger partial charge in [-0.1, -0.05) is 30.0 Å². The number of hydrogen-bond acceptors (Lipinski definition) is 9. The van der Waals surface area contributed by atoms with Gasteiger partial charge >= 0.3 is 0 Å². The summed E-state index contributed by atoms with van der Waals surface area (Å²) >= 11 is 4.87. The molecule has 0 spiro atoms. The standard InChI is InChI=1S/C28H30N2O7S5/c1-3-19(16-26-29(11-4-14-41(31,32)33)22-18-20(37-2)6-7-24(22)39-26)17-27-30(12-5-15-42(34,35)36)28-21-10-13-38-23(21)8-9-25(28)40-27/h6-10,13,16-18H,3-5,11-12,14-15H2,1-2H3,(H-,31,32,33,34,35,36)/p+1. The smallest absolute Gasteiger partial charge is 0.265 e. The zero-order chi connectivity index (χ0) is 30.1. The van der Waals surface area contributed by atoms with Crippen LogP contribution in [0.25, 0.3) is 26.4 Å². The first-order chi connectivity index (χ1) is 20.0. The lowest BCUT2D eigenvalue weighted by Gasteiger charge is -2.21. The molecular formula is C28H31N2O7S5+. The SMILES string of the molecule is CCC(/C=C1\Sc2ccc(OC)cc2N1CCCS(=O)(=O)O)=C\c1sc2ccc3sccc3c2[n+]1CCCS(=O)(=O)O. The largest absolute Gasteiger partial charge is 0.497 e. The van der Waals surface area contributed by atoms with Crippen LogP contribution in [0.4, 0.5) is 5.69 Å². The minimum atomic E-state index is -4.08. The number of hydrogen-bond donors (Lipinski definition) is 2. The number of thioether (sulfide) groups is 1. The lowest BCUT2D eigenvalue weighted by atomic mass is 10.1. The molecule has 9 nitrogen and oxygen atoms in total. The summed E-state index contributed by atoms with van der Waals surface area (Å²) in [6.45, 7) is 2.88. The molecule has 1 aliphatic heterocycles. The Kier molecular flexibility index (Phi) is 9.33. The maximum absolute atomic E-state index is 11.5. The summed E-state index contributed by atoms with van der Waals surface area (Å²) in [6, 6.07) is 12.1. The van der Waals surface area contributed by atoms with E-state index in [4.69, 9.17) is 4.74 Å². The molecule has 0 saturated heterocycles. The van der Waals surface area contributed by atoms with Gasteiger partial charge in [-0.25, -0.2) is 0 Å². The van der Waals surface area contributed by atoms with Gasteiger partial charge in [0.1, 0.15) is 10.4 Å². The van der Waals surface area contributed by atoms with Gasteiger partial charge in [-0.2, -0.15) is 21.4 Å². The number of aryl methyl sites for hydroxylation is 1. The Morgan fingerprint density at radius 3 is 2.48 bits per heavy atom. The van der Waals surface area contributed by atoms with Crippen LogP contribution in [-0.2, 0) is 26.8 Å². The molecule has 42 heavy (non-hydrogen) atoms. The van der Waals surface area contributed by atoms with Crippen molar-refractivity contribution in [3.8, 4) is 5.75 Å². The van der Waals surface area contributed by atoms with E-state index >= 15 is 0 Å². The number of benzene rings is 2. The highest BCUT2D eigenvalue weighted by atomic mass is 32.2. The van der Waals surface area contributed by atoms with Crippen LogP contribution in [0.1, 0.15) is 31.2 Å². The highest BCUT2D eigenvalue weighted by Gasteiger charge is 2.27. The Hall–Kier alpha value is -2.46. The molecule has 2 aromatic carbocycles. The maximum Gasteiger partial charge on any atom is 0.265 e. The maximum atomic E-state index is 11.5. The molecule has 0 radical (unpaired) electrons. The molecule has 4 aromatic rings. The van der Waals surface area contributed by atoms with Crippen molar-refractivity contribution in [1.82, 2.24) is 0 Å². The zero-order valence-corrected chi connectivity index (χ0v) is 27.1. The molecule has 14 heteroatoms. The number of anilines is 1. The van der Waals surface area contributed by atoms with E-state index in [0.29, 0.717) is 18.8 Å². The third-order valence-corrected chi connectivity index (χ3v) is 11.6. The minimum Gasteiger partial charge on any atom is -0.497 e. The normalized spacial score (nSPS) is 15.3. The molecular weight excluding hydrogens is 637 g/mol. The summed E-state index contributed by atoms with van der Waals surface area (Å²) < 4.78 is 74.1. The molecule has 5 rings (SSSR count). The molecule has 3 heterocycles. The van der Waals surface area contributed by atoms with Crippen molar-refractivity contribution in [2.24, 2.45) is 0 Å². The lowest BCUT2D eigenvalue weighted by molar-refractivity contribution is -0.667. The fraction of sp³-hybridized carbons (Fsp3) is 0.321. The zero-order valence-electron chi connectivity index (χ0n) is 23.0. The van der Waals surface area contributed by atoms with Gasteiger partial charge in [0.05, 0.1) is 34.7 Å². The highest BCUT2D eigenvalue weighted by Crippen LogP contribution is 2.48. The Labute approximate surface area is 257 Å². The number of aromatic nitrogens is 1. The van der Waals surface area contributed by atoms with Crippen LogP contribution in [0.2, 0.25) is 0 Å². The second-order valence-corrected chi connectivity index (χ2v) is 16.0. The topological polar surface area (TPSA) is 125 Å². The van der Waals surface area contributed by atoms with Gasteiger partial charge in [-0.15, -0.1) is 11.3 Å². The van der Waals surface area contributed by atoms with E-state index in [-0.39, 0.29) is 24.3 Å². The second kappa shape index (κ2) is 12.6. The molecule has 0 aliphatic carbocycles. The van der Waals surface area contributed by atoms with Crippen molar-refractivity contribution in [3.05, 3.63) is 63.5 Å². The van der Waals surface area contributed by atoms with Gasteiger partial charge in [0, 0.05) is 34.7 Å². The number of fused-ring (bicyclic) bond motifs is 4. The van der Waals surface area contributed by atoms with E-state index in [9.17, 15) is 25.9 Å². The minimum absolute atomic E-state index is 0.249. The number of thiazole rings is 1. The summed E-state index contributed by atoms with van der Waals surface area (Å²) in [6.07, 6.45) is 5.45. The van der Waals surface area contributed by atoms with Crippen molar-refractivity contribution in [2.45, 2.75) is 37.6 Å². The highest BCUT2D eigenvalue weighted by molar-refractivity contribution is 8.03. The number of methoxy groups -OCH3 is 1. The molecule has 0 bridgehead atoms. The number of thiophene rings is 1. The number of allylic oxidation sites excluding steroid dienone is 2. The van der Waals surface area contributed by atoms with E-state index in [2.05, 4.69) is 46.7 Å². The summed E-state index contributed by atoms with van der Waals surface area (Å²) in [5.41, 5.74) is 3.00. The molecule has 224 valence electrons.